The smallest absolute Gasteiger partial charge is 0.260 e. The predicted molar refractivity (Wildman–Crippen MR) is 104 cm³/mol. The van der Waals surface area contributed by atoms with Crippen LogP contribution in [0.3, 0.4) is 0 Å². The number of halogens is 1. The van der Waals surface area contributed by atoms with Crippen molar-refractivity contribution in [2.24, 2.45) is 0 Å². The maximum Gasteiger partial charge on any atom is 0.260 e. The fourth-order valence-electron chi connectivity index (χ4n) is 3.54. The standard InChI is InChI=1S/C21H21ClN2O2/c22-17-7-9-18(10-8-17)26-14-21(25)24-11-3-5-16(13-24)20-12-15-4-1-2-6-19(15)23-20/h1-2,4,6-10,12,16,23H,3,5,11,13-14H2. The molecule has 1 atom stereocenters. The third kappa shape index (κ3) is 3.70. The average Bonchev–Trinajstić information content (AvgIpc) is 3.12. The summed E-state index contributed by atoms with van der Waals surface area (Å²) < 4.78 is 5.61. The van der Waals surface area contributed by atoms with E-state index in [9.17, 15) is 4.79 Å². The fraction of sp³-hybridized carbons (Fsp3) is 0.286. The molecule has 2 heterocycles. The van der Waals surface area contributed by atoms with Crippen LogP contribution in [0.2, 0.25) is 5.02 Å². The molecule has 1 aliphatic heterocycles. The minimum Gasteiger partial charge on any atom is -0.484 e. The topological polar surface area (TPSA) is 45.3 Å². The number of likely N-dealkylation sites (tertiary alicyclic amines) is 1. The Morgan fingerprint density at radius 2 is 2.00 bits per heavy atom. The van der Waals surface area contributed by atoms with E-state index in [0.29, 0.717) is 16.7 Å². The lowest BCUT2D eigenvalue weighted by molar-refractivity contribution is -0.134. The number of fused-ring (bicyclic) bond motifs is 1. The first-order valence-corrected chi connectivity index (χ1v) is 9.30. The van der Waals surface area contributed by atoms with E-state index in [0.717, 1.165) is 31.4 Å². The number of benzene rings is 2. The molecular formula is C21H21ClN2O2. The van der Waals surface area contributed by atoms with Gasteiger partial charge in [0, 0.05) is 35.2 Å². The summed E-state index contributed by atoms with van der Waals surface area (Å²) in [5.41, 5.74) is 2.36. The van der Waals surface area contributed by atoms with Crippen LogP contribution in [0.4, 0.5) is 0 Å². The first-order chi connectivity index (χ1) is 12.7. The number of carbonyl (C=O) groups excluding carboxylic acids is 1. The monoisotopic (exact) mass is 368 g/mol. The van der Waals surface area contributed by atoms with E-state index in [1.165, 1.54) is 11.1 Å². The molecule has 4 rings (SSSR count). The van der Waals surface area contributed by atoms with Gasteiger partial charge in [-0.25, -0.2) is 0 Å². The molecule has 4 nitrogen and oxygen atoms in total. The van der Waals surface area contributed by atoms with Gasteiger partial charge < -0.3 is 14.6 Å². The highest BCUT2D eigenvalue weighted by Gasteiger charge is 2.26. The Morgan fingerprint density at radius 1 is 1.19 bits per heavy atom. The number of hydrogen-bond acceptors (Lipinski definition) is 2. The van der Waals surface area contributed by atoms with Crippen LogP contribution in [-0.4, -0.2) is 35.5 Å². The summed E-state index contributed by atoms with van der Waals surface area (Å²) in [7, 11) is 0. The Hall–Kier alpha value is -2.46. The molecule has 26 heavy (non-hydrogen) atoms. The molecule has 0 saturated carbocycles. The SMILES string of the molecule is O=C(COc1ccc(Cl)cc1)N1CCCC(c2cc3ccccc3[nH]2)C1. The van der Waals surface area contributed by atoms with Crippen molar-refractivity contribution in [3.05, 3.63) is 65.3 Å². The number of H-pyrrole nitrogens is 1. The quantitative estimate of drug-likeness (QED) is 0.731. The minimum atomic E-state index is 0.0285. The second-order valence-corrected chi connectivity index (χ2v) is 7.17. The third-order valence-corrected chi connectivity index (χ3v) is 5.19. The highest BCUT2D eigenvalue weighted by atomic mass is 35.5. The molecule has 0 bridgehead atoms. The van der Waals surface area contributed by atoms with Gasteiger partial charge in [0.15, 0.2) is 6.61 Å². The van der Waals surface area contributed by atoms with Crippen LogP contribution in [0.5, 0.6) is 5.75 Å². The molecule has 1 aliphatic rings. The highest BCUT2D eigenvalue weighted by Crippen LogP contribution is 2.29. The number of carbonyl (C=O) groups is 1. The van der Waals surface area contributed by atoms with Gasteiger partial charge in [-0.1, -0.05) is 29.8 Å². The molecule has 134 valence electrons. The van der Waals surface area contributed by atoms with E-state index in [1.54, 1.807) is 24.3 Å². The zero-order chi connectivity index (χ0) is 17.9. The molecule has 1 amide bonds. The number of para-hydroxylation sites is 1. The number of rotatable bonds is 4. The van der Waals surface area contributed by atoms with E-state index in [4.69, 9.17) is 16.3 Å². The number of amides is 1. The maximum atomic E-state index is 12.6. The normalized spacial score (nSPS) is 17.4. The van der Waals surface area contributed by atoms with Crippen LogP contribution in [0, 0.1) is 0 Å². The third-order valence-electron chi connectivity index (χ3n) is 4.94. The van der Waals surface area contributed by atoms with Crippen LogP contribution in [0.1, 0.15) is 24.5 Å². The van der Waals surface area contributed by atoms with Crippen LogP contribution in [-0.2, 0) is 4.79 Å². The fourth-order valence-corrected chi connectivity index (χ4v) is 3.67. The molecule has 0 aliphatic carbocycles. The summed E-state index contributed by atoms with van der Waals surface area (Å²) in [5.74, 6) is 1.03. The van der Waals surface area contributed by atoms with Gasteiger partial charge in [0.2, 0.25) is 0 Å². The van der Waals surface area contributed by atoms with Gasteiger partial charge in [0.1, 0.15) is 5.75 Å². The van der Waals surface area contributed by atoms with Gasteiger partial charge in [-0.15, -0.1) is 0 Å². The summed E-state index contributed by atoms with van der Waals surface area (Å²) in [6.45, 7) is 1.58. The molecule has 1 N–H and O–H groups in total. The van der Waals surface area contributed by atoms with Crippen LogP contribution >= 0.6 is 11.6 Å². The Bertz CT molecular complexity index is 871. The minimum absolute atomic E-state index is 0.0285. The first-order valence-electron chi connectivity index (χ1n) is 8.93. The van der Waals surface area contributed by atoms with Gasteiger partial charge in [0.25, 0.3) is 5.91 Å². The van der Waals surface area contributed by atoms with E-state index in [-0.39, 0.29) is 12.5 Å². The van der Waals surface area contributed by atoms with Gasteiger partial charge in [0.05, 0.1) is 0 Å². The molecule has 1 unspecified atom stereocenters. The summed E-state index contributed by atoms with van der Waals surface area (Å²) in [5, 5.41) is 1.87. The van der Waals surface area contributed by atoms with Gasteiger partial charge in [-0.2, -0.15) is 0 Å². The van der Waals surface area contributed by atoms with Gasteiger partial charge in [-0.05, 0) is 54.6 Å². The van der Waals surface area contributed by atoms with Crippen molar-refractivity contribution in [2.75, 3.05) is 19.7 Å². The van der Waals surface area contributed by atoms with Crippen molar-refractivity contribution in [1.82, 2.24) is 9.88 Å². The van der Waals surface area contributed by atoms with Crippen molar-refractivity contribution in [1.29, 1.82) is 0 Å². The lowest BCUT2D eigenvalue weighted by Gasteiger charge is -2.32. The molecule has 5 heteroatoms. The van der Waals surface area contributed by atoms with Crippen LogP contribution < -0.4 is 4.74 Å². The zero-order valence-corrected chi connectivity index (χ0v) is 15.2. The Morgan fingerprint density at radius 3 is 2.81 bits per heavy atom. The first kappa shape index (κ1) is 17.0. The summed E-state index contributed by atoms with van der Waals surface area (Å²) in [6, 6.07) is 17.6. The van der Waals surface area contributed by atoms with Gasteiger partial charge >= 0.3 is 0 Å². The van der Waals surface area contributed by atoms with E-state index in [1.807, 2.05) is 17.0 Å². The predicted octanol–water partition coefficient (Wildman–Crippen LogP) is 4.61. The second kappa shape index (κ2) is 7.42. The molecule has 1 saturated heterocycles. The van der Waals surface area contributed by atoms with Crippen LogP contribution in [0.25, 0.3) is 10.9 Å². The highest BCUT2D eigenvalue weighted by molar-refractivity contribution is 6.30. The molecule has 0 spiro atoms. The zero-order valence-electron chi connectivity index (χ0n) is 14.5. The lowest BCUT2D eigenvalue weighted by Crippen LogP contribution is -2.41. The molecule has 2 aromatic carbocycles. The number of aromatic nitrogens is 1. The maximum absolute atomic E-state index is 12.6. The number of hydrogen-bond donors (Lipinski definition) is 1. The number of nitrogens with zero attached hydrogens (tertiary/aromatic N) is 1. The van der Waals surface area contributed by atoms with Crippen molar-refractivity contribution in [3.8, 4) is 5.75 Å². The van der Waals surface area contributed by atoms with E-state index in [2.05, 4.69) is 23.2 Å². The Labute approximate surface area is 157 Å². The molecule has 1 fully saturated rings. The largest absolute Gasteiger partial charge is 0.484 e. The van der Waals surface area contributed by atoms with E-state index >= 15 is 0 Å². The van der Waals surface area contributed by atoms with Gasteiger partial charge in [-0.3, -0.25) is 4.79 Å². The van der Waals surface area contributed by atoms with Crippen LogP contribution in [0.15, 0.2) is 54.6 Å². The summed E-state index contributed by atoms with van der Waals surface area (Å²) in [6.07, 6.45) is 2.10. The number of ether oxygens (including phenoxy) is 1. The molecule has 0 radical (unpaired) electrons. The Balaban J connectivity index is 1.39. The van der Waals surface area contributed by atoms with Crippen molar-refractivity contribution < 1.29 is 9.53 Å². The summed E-state index contributed by atoms with van der Waals surface area (Å²) in [4.78, 5) is 18.0. The lowest BCUT2D eigenvalue weighted by atomic mass is 9.94. The second-order valence-electron chi connectivity index (χ2n) is 6.73. The Kier molecular flexibility index (Phi) is 4.85. The average molecular weight is 369 g/mol. The number of piperidine rings is 1. The summed E-state index contributed by atoms with van der Waals surface area (Å²) >= 11 is 5.87. The molecule has 1 aromatic heterocycles. The number of aromatic amines is 1. The molecular weight excluding hydrogens is 348 g/mol. The van der Waals surface area contributed by atoms with Crippen molar-refractivity contribution >= 4 is 28.4 Å². The van der Waals surface area contributed by atoms with Crippen molar-refractivity contribution in [2.45, 2.75) is 18.8 Å². The molecule has 3 aromatic rings. The van der Waals surface area contributed by atoms with Crippen molar-refractivity contribution in [3.63, 3.8) is 0 Å². The van der Waals surface area contributed by atoms with E-state index < -0.39 is 0 Å². The number of nitrogens with one attached hydrogen (secondary N) is 1.